The summed E-state index contributed by atoms with van der Waals surface area (Å²) in [4.78, 5) is 11.9. The van der Waals surface area contributed by atoms with Crippen LogP contribution in [-0.2, 0) is 4.79 Å². The molecule has 2 N–H and O–H groups in total. The predicted molar refractivity (Wildman–Crippen MR) is 74.4 cm³/mol. The molecule has 0 radical (unpaired) electrons. The summed E-state index contributed by atoms with van der Waals surface area (Å²) in [5, 5.41) is 6.73. The average Bonchev–Trinajstić information content (AvgIpc) is 2.38. The van der Waals surface area contributed by atoms with E-state index in [1.54, 1.807) is 0 Å². The van der Waals surface area contributed by atoms with Crippen molar-refractivity contribution >= 4 is 5.91 Å². The van der Waals surface area contributed by atoms with Crippen molar-refractivity contribution in [1.82, 2.24) is 10.6 Å². The zero-order valence-corrected chi connectivity index (χ0v) is 11.7. The fraction of sp³-hybridized carbons (Fsp3) is 0.933. The van der Waals surface area contributed by atoms with E-state index in [4.69, 9.17) is 0 Å². The quantitative estimate of drug-likeness (QED) is 0.807. The molecule has 0 aromatic heterocycles. The van der Waals surface area contributed by atoms with E-state index in [-0.39, 0.29) is 5.91 Å². The fourth-order valence-electron chi connectivity index (χ4n) is 3.34. The van der Waals surface area contributed by atoms with E-state index in [2.05, 4.69) is 17.6 Å². The third-order valence-corrected chi connectivity index (χ3v) is 4.43. The largest absolute Gasteiger partial charge is 0.353 e. The lowest BCUT2D eigenvalue weighted by atomic mass is 9.87. The van der Waals surface area contributed by atoms with Crippen molar-refractivity contribution in [2.24, 2.45) is 5.92 Å². The minimum atomic E-state index is 0.265. The summed E-state index contributed by atoms with van der Waals surface area (Å²) < 4.78 is 0. The van der Waals surface area contributed by atoms with Crippen LogP contribution in [0.2, 0.25) is 0 Å². The summed E-state index contributed by atoms with van der Waals surface area (Å²) in [6.07, 6.45) is 10.5. The monoisotopic (exact) mass is 252 g/mol. The Labute approximate surface area is 111 Å². The van der Waals surface area contributed by atoms with Crippen LogP contribution in [0.15, 0.2) is 0 Å². The first-order chi connectivity index (χ1) is 8.74. The Kier molecular flexibility index (Phi) is 5.48. The highest BCUT2D eigenvalue weighted by Crippen LogP contribution is 2.23. The zero-order valence-electron chi connectivity index (χ0n) is 11.7. The third-order valence-electron chi connectivity index (χ3n) is 4.43. The van der Waals surface area contributed by atoms with Gasteiger partial charge in [-0.25, -0.2) is 0 Å². The van der Waals surface area contributed by atoms with Crippen LogP contribution < -0.4 is 10.6 Å². The van der Waals surface area contributed by atoms with Gasteiger partial charge in [0.2, 0.25) is 5.91 Å². The lowest BCUT2D eigenvalue weighted by Gasteiger charge is -2.28. The minimum Gasteiger partial charge on any atom is -0.353 e. The Morgan fingerprint density at radius 2 is 2.11 bits per heavy atom. The number of rotatable bonds is 4. The van der Waals surface area contributed by atoms with Crippen molar-refractivity contribution < 1.29 is 4.79 Å². The van der Waals surface area contributed by atoms with E-state index in [0.29, 0.717) is 18.5 Å². The Hall–Kier alpha value is -0.570. The summed E-state index contributed by atoms with van der Waals surface area (Å²) in [6, 6.07) is 1.02. The molecule has 0 bridgehead atoms. The molecule has 2 aliphatic rings. The standard InChI is InChI=1S/C15H28N2O/c1-12-5-4-7-14(11-12)17-15(18)9-8-13-6-2-3-10-16-13/h12-14,16H,2-11H2,1H3,(H,17,18). The lowest BCUT2D eigenvalue weighted by Crippen LogP contribution is -2.39. The first-order valence-electron chi connectivity index (χ1n) is 7.77. The second kappa shape index (κ2) is 7.13. The van der Waals surface area contributed by atoms with Crippen LogP contribution in [-0.4, -0.2) is 24.5 Å². The van der Waals surface area contributed by atoms with Gasteiger partial charge in [0.25, 0.3) is 0 Å². The molecule has 0 aromatic rings. The van der Waals surface area contributed by atoms with Crippen molar-refractivity contribution in [3.05, 3.63) is 0 Å². The summed E-state index contributed by atoms with van der Waals surface area (Å²) >= 11 is 0. The van der Waals surface area contributed by atoms with Crippen LogP contribution in [0.25, 0.3) is 0 Å². The second-order valence-electron chi connectivity index (χ2n) is 6.22. The minimum absolute atomic E-state index is 0.265. The maximum absolute atomic E-state index is 11.9. The smallest absolute Gasteiger partial charge is 0.220 e. The first-order valence-corrected chi connectivity index (χ1v) is 7.77. The Balaban J connectivity index is 1.62. The number of nitrogens with one attached hydrogen (secondary N) is 2. The van der Waals surface area contributed by atoms with Crippen LogP contribution in [0.3, 0.4) is 0 Å². The van der Waals surface area contributed by atoms with Gasteiger partial charge >= 0.3 is 0 Å². The van der Waals surface area contributed by atoms with Gasteiger partial charge in [-0.2, -0.15) is 0 Å². The maximum atomic E-state index is 11.9. The van der Waals surface area contributed by atoms with E-state index in [9.17, 15) is 4.79 Å². The van der Waals surface area contributed by atoms with Gasteiger partial charge in [-0.15, -0.1) is 0 Å². The maximum Gasteiger partial charge on any atom is 0.220 e. The number of carbonyl (C=O) groups excluding carboxylic acids is 1. The summed E-state index contributed by atoms with van der Waals surface area (Å²) in [6.45, 7) is 3.43. The van der Waals surface area contributed by atoms with Crippen molar-refractivity contribution in [3.8, 4) is 0 Å². The molecule has 1 heterocycles. The molecular weight excluding hydrogens is 224 g/mol. The highest BCUT2D eigenvalue weighted by atomic mass is 16.1. The van der Waals surface area contributed by atoms with Gasteiger partial charge < -0.3 is 10.6 Å². The van der Waals surface area contributed by atoms with Crippen LogP contribution in [0, 0.1) is 5.92 Å². The van der Waals surface area contributed by atoms with E-state index < -0.39 is 0 Å². The molecule has 3 atom stereocenters. The Morgan fingerprint density at radius 3 is 2.83 bits per heavy atom. The highest BCUT2D eigenvalue weighted by Gasteiger charge is 2.21. The number of piperidine rings is 1. The van der Waals surface area contributed by atoms with Crippen LogP contribution in [0.4, 0.5) is 0 Å². The zero-order chi connectivity index (χ0) is 12.8. The predicted octanol–water partition coefficient (Wildman–Crippen LogP) is 2.60. The van der Waals surface area contributed by atoms with E-state index in [1.165, 1.54) is 44.9 Å². The molecule has 2 fully saturated rings. The van der Waals surface area contributed by atoms with Crippen molar-refractivity contribution in [2.45, 2.75) is 76.8 Å². The topological polar surface area (TPSA) is 41.1 Å². The third kappa shape index (κ3) is 4.60. The molecule has 0 aromatic carbocycles. The van der Waals surface area contributed by atoms with Crippen molar-refractivity contribution in [3.63, 3.8) is 0 Å². The van der Waals surface area contributed by atoms with Gasteiger partial charge in [-0.3, -0.25) is 4.79 Å². The van der Waals surface area contributed by atoms with Crippen molar-refractivity contribution in [1.29, 1.82) is 0 Å². The van der Waals surface area contributed by atoms with Gasteiger partial charge in [-0.05, 0) is 44.6 Å². The first kappa shape index (κ1) is 13.9. The molecule has 18 heavy (non-hydrogen) atoms. The molecule has 3 heteroatoms. The SMILES string of the molecule is CC1CCCC(NC(=O)CCC2CCCCN2)C1. The molecular formula is C15H28N2O. The fourth-order valence-corrected chi connectivity index (χ4v) is 3.34. The normalized spacial score (nSPS) is 33.1. The molecule has 1 saturated carbocycles. The van der Waals surface area contributed by atoms with Crippen LogP contribution in [0.5, 0.6) is 0 Å². The van der Waals surface area contributed by atoms with Crippen molar-refractivity contribution in [2.75, 3.05) is 6.54 Å². The summed E-state index contributed by atoms with van der Waals surface area (Å²) in [5.74, 6) is 1.05. The second-order valence-corrected chi connectivity index (χ2v) is 6.22. The molecule has 104 valence electrons. The molecule has 0 spiro atoms. The molecule has 2 rings (SSSR count). The number of carbonyl (C=O) groups is 1. The van der Waals surface area contributed by atoms with E-state index in [0.717, 1.165) is 18.9 Å². The van der Waals surface area contributed by atoms with Gasteiger partial charge in [0.05, 0.1) is 0 Å². The molecule has 3 unspecified atom stereocenters. The molecule has 1 aliphatic heterocycles. The van der Waals surface area contributed by atoms with Gasteiger partial charge in [0, 0.05) is 18.5 Å². The van der Waals surface area contributed by atoms with Crippen LogP contribution >= 0.6 is 0 Å². The Bertz CT molecular complexity index is 261. The number of hydrogen-bond donors (Lipinski definition) is 2. The molecule has 1 amide bonds. The number of hydrogen-bond acceptors (Lipinski definition) is 2. The van der Waals surface area contributed by atoms with Gasteiger partial charge in [-0.1, -0.05) is 26.2 Å². The van der Waals surface area contributed by atoms with Gasteiger partial charge in [0.15, 0.2) is 0 Å². The van der Waals surface area contributed by atoms with Gasteiger partial charge in [0.1, 0.15) is 0 Å². The Morgan fingerprint density at radius 1 is 1.22 bits per heavy atom. The average molecular weight is 252 g/mol. The lowest BCUT2D eigenvalue weighted by molar-refractivity contribution is -0.122. The molecule has 3 nitrogen and oxygen atoms in total. The summed E-state index contributed by atoms with van der Waals surface area (Å²) in [5.41, 5.74) is 0. The highest BCUT2D eigenvalue weighted by molar-refractivity contribution is 5.76. The molecule has 1 aliphatic carbocycles. The summed E-state index contributed by atoms with van der Waals surface area (Å²) in [7, 11) is 0. The van der Waals surface area contributed by atoms with Crippen LogP contribution in [0.1, 0.15) is 64.7 Å². The van der Waals surface area contributed by atoms with E-state index >= 15 is 0 Å². The molecule has 1 saturated heterocycles. The number of amides is 1. The van der Waals surface area contributed by atoms with E-state index in [1.807, 2.05) is 0 Å².